The van der Waals surface area contributed by atoms with E-state index in [9.17, 15) is 4.79 Å². The van der Waals surface area contributed by atoms with Crippen LogP contribution in [0.25, 0.3) is 0 Å². The highest BCUT2D eigenvalue weighted by Crippen LogP contribution is 2.35. The summed E-state index contributed by atoms with van der Waals surface area (Å²) in [6.07, 6.45) is 0. The van der Waals surface area contributed by atoms with Crippen LogP contribution in [0.1, 0.15) is 64.2 Å². The summed E-state index contributed by atoms with van der Waals surface area (Å²) in [6.45, 7) is 17.1. The Morgan fingerprint density at radius 2 is 0.857 bits per heavy atom. The van der Waals surface area contributed by atoms with Gasteiger partial charge in [0.05, 0.1) is 0 Å². The molecule has 4 heteroatoms. The number of benzene rings is 3. The molecule has 3 aromatic carbocycles. The van der Waals surface area contributed by atoms with E-state index in [1.807, 2.05) is 6.92 Å². The topological polar surface area (TPSA) is 26.8 Å². The van der Waals surface area contributed by atoms with E-state index >= 15 is 0 Å². The van der Waals surface area contributed by atoms with E-state index < -0.39 is 0 Å². The Bertz CT molecular complexity index is 994. The molecule has 0 radical (unpaired) electrons. The molecule has 0 atom stereocenters. The molecule has 0 N–H and O–H groups in total. The van der Waals surface area contributed by atoms with Gasteiger partial charge in [0.15, 0.2) is 0 Å². The van der Waals surface area contributed by atoms with Gasteiger partial charge in [-0.25, -0.2) is 0 Å². The molecular weight excluding hydrogens is 430 g/mol. The van der Waals surface area contributed by atoms with Gasteiger partial charge >= 0.3 is 0 Å². The smallest absolute Gasteiger partial charge is 0.223 e. The summed E-state index contributed by atoms with van der Waals surface area (Å²) in [6, 6.07) is 26.5. The molecule has 0 heterocycles. The first-order chi connectivity index (χ1) is 17.0. The molecule has 0 aliphatic heterocycles. The van der Waals surface area contributed by atoms with Crippen LogP contribution in [0, 0.1) is 0 Å². The molecule has 35 heavy (non-hydrogen) atoms. The molecule has 3 aromatic rings. The van der Waals surface area contributed by atoms with Crippen LogP contribution in [-0.4, -0.2) is 38.6 Å². The third-order valence-electron chi connectivity index (χ3n) is 6.94. The number of nitrogens with zero attached hydrogens (tertiary/aromatic N) is 3. The maximum atomic E-state index is 12.0. The number of rotatable bonds is 11. The minimum atomic E-state index is 0.0655. The first-order valence-electron chi connectivity index (χ1n) is 13.0. The van der Waals surface area contributed by atoms with Crippen molar-refractivity contribution >= 4 is 23.0 Å². The SMILES string of the molecule is CCN(CC)c1ccc(C(c2ccc(N(CC)CC)cc2)c2ccc(N(CC)C(C)=O)cc2)cc1. The second-order valence-electron chi connectivity index (χ2n) is 8.82. The highest BCUT2D eigenvalue weighted by molar-refractivity contribution is 5.91. The van der Waals surface area contributed by atoms with Crippen LogP contribution in [-0.2, 0) is 4.79 Å². The van der Waals surface area contributed by atoms with E-state index in [1.54, 1.807) is 11.8 Å². The Kier molecular flexibility index (Phi) is 9.36. The lowest BCUT2D eigenvalue weighted by molar-refractivity contribution is -0.116. The van der Waals surface area contributed by atoms with Crippen LogP contribution in [0.5, 0.6) is 0 Å². The summed E-state index contributed by atoms with van der Waals surface area (Å²) in [4.78, 5) is 18.6. The van der Waals surface area contributed by atoms with Crippen LogP contribution in [0.3, 0.4) is 0 Å². The van der Waals surface area contributed by atoms with Crippen LogP contribution < -0.4 is 14.7 Å². The van der Waals surface area contributed by atoms with Gasteiger partial charge in [-0.2, -0.15) is 0 Å². The molecule has 0 saturated carbocycles. The third kappa shape index (κ3) is 6.05. The van der Waals surface area contributed by atoms with Gasteiger partial charge in [-0.3, -0.25) is 4.79 Å². The molecule has 0 aliphatic carbocycles. The molecule has 0 aromatic heterocycles. The predicted molar refractivity (Wildman–Crippen MR) is 151 cm³/mol. The predicted octanol–water partition coefficient (Wildman–Crippen LogP) is 6.93. The van der Waals surface area contributed by atoms with Crippen molar-refractivity contribution in [3.8, 4) is 0 Å². The molecule has 0 fully saturated rings. The quantitative estimate of drug-likeness (QED) is 0.284. The van der Waals surface area contributed by atoms with Crippen molar-refractivity contribution in [2.75, 3.05) is 47.4 Å². The van der Waals surface area contributed by atoms with Crippen molar-refractivity contribution in [3.05, 3.63) is 89.5 Å². The van der Waals surface area contributed by atoms with Crippen molar-refractivity contribution in [2.24, 2.45) is 0 Å². The lowest BCUT2D eigenvalue weighted by Crippen LogP contribution is -2.27. The fraction of sp³-hybridized carbons (Fsp3) is 0.387. The zero-order valence-corrected chi connectivity index (χ0v) is 22.3. The van der Waals surface area contributed by atoms with Crippen LogP contribution in [0.15, 0.2) is 72.8 Å². The second kappa shape index (κ2) is 12.4. The van der Waals surface area contributed by atoms with Crippen LogP contribution in [0.2, 0.25) is 0 Å². The van der Waals surface area contributed by atoms with Gasteiger partial charge in [-0.05, 0) is 87.7 Å². The van der Waals surface area contributed by atoms with E-state index in [0.29, 0.717) is 6.54 Å². The van der Waals surface area contributed by atoms with Gasteiger partial charge in [0.1, 0.15) is 0 Å². The Labute approximate surface area is 212 Å². The first kappa shape index (κ1) is 26.3. The van der Waals surface area contributed by atoms with Gasteiger partial charge < -0.3 is 14.7 Å². The van der Waals surface area contributed by atoms with Crippen molar-refractivity contribution < 1.29 is 4.79 Å². The van der Waals surface area contributed by atoms with E-state index in [-0.39, 0.29) is 11.8 Å². The highest BCUT2D eigenvalue weighted by atomic mass is 16.2. The minimum Gasteiger partial charge on any atom is -0.372 e. The van der Waals surface area contributed by atoms with E-state index in [1.165, 1.54) is 28.1 Å². The second-order valence-corrected chi connectivity index (χ2v) is 8.82. The Hall–Kier alpha value is -3.27. The molecule has 3 rings (SSSR count). The number of amides is 1. The summed E-state index contributed by atoms with van der Waals surface area (Å²) in [5.41, 5.74) is 7.21. The Morgan fingerprint density at radius 1 is 0.543 bits per heavy atom. The van der Waals surface area contributed by atoms with Crippen LogP contribution >= 0.6 is 0 Å². The normalized spacial score (nSPS) is 10.9. The fourth-order valence-electron chi connectivity index (χ4n) is 4.94. The molecular formula is C31H41N3O. The zero-order chi connectivity index (χ0) is 25.4. The number of anilines is 3. The fourth-order valence-corrected chi connectivity index (χ4v) is 4.94. The third-order valence-corrected chi connectivity index (χ3v) is 6.94. The van der Waals surface area contributed by atoms with Crippen molar-refractivity contribution in [3.63, 3.8) is 0 Å². The molecule has 0 bridgehead atoms. The monoisotopic (exact) mass is 471 g/mol. The van der Waals surface area contributed by atoms with E-state index in [4.69, 9.17) is 0 Å². The van der Waals surface area contributed by atoms with Crippen molar-refractivity contribution in [1.82, 2.24) is 0 Å². The molecule has 0 saturated heterocycles. The largest absolute Gasteiger partial charge is 0.372 e. The number of carbonyl (C=O) groups is 1. The highest BCUT2D eigenvalue weighted by Gasteiger charge is 2.19. The van der Waals surface area contributed by atoms with Gasteiger partial charge in [-0.1, -0.05) is 36.4 Å². The van der Waals surface area contributed by atoms with Gasteiger partial charge in [0.25, 0.3) is 0 Å². The average Bonchev–Trinajstić information content (AvgIpc) is 2.88. The Balaban J connectivity index is 2.03. The summed E-state index contributed by atoms with van der Waals surface area (Å²) >= 11 is 0. The summed E-state index contributed by atoms with van der Waals surface area (Å²) < 4.78 is 0. The molecule has 4 nitrogen and oxygen atoms in total. The lowest BCUT2D eigenvalue weighted by Gasteiger charge is -2.25. The maximum Gasteiger partial charge on any atom is 0.223 e. The zero-order valence-electron chi connectivity index (χ0n) is 22.3. The standard InChI is InChI=1S/C31H41N3O/c1-7-32(8-2)28-18-12-25(13-19-28)31(26-14-20-29(21-15-26)33(9-3)10-4)27-16-22-30(23-17-27)34(11-5)24(6)35/h12-23,31H,7-11H2,1-6H3. The molecule has 0 spiro atoms. The summed E-state index contributed by atoms with van der Waals surface area (Å²) in [5, 5.41) is 0. The first-order valence-corrected chi connectivity index (χ1v) is 13.0. The maximum absolute atomic E-state index is 12.0. The minimum absolute atomic E-state index is 0.0655. The lowest BCUT2D eigenvalue weighted by atomic mass is 9.85. The average molecular weight is 472 g/mol. The van der Waals surface area contributed by atoms with Crippen molar-refractivity contribution in [2.45, 2.75) is 47.5 Å². The van der Waals surface area contributed by atoms with Crippen molar-refractivity contribution in [1.29, 1.82) is 0 Å². The van der Waals surface area contributed by atoms with Gasteiger partial charge in [-0.15, -0.1) is 0 Å². The molecule has 0 unspecified atom stereocenters. The Morgan fingerprint density at radius 3 is 1.11 bits per heavy atom. The van der Waals surface area contributed by atoms with Gasteiger partial charge in [0.2, 0.25) is 5.91 Å². The van der Waals surface area contributed by atoms with E-state index in [0.717, 1.165) is 31.9 Å². The molecule has 0 aliphatic rings. The number of hydrogen-bond acceptors (Lipinski definition) is 3. The van der Waals surface area contributed by atoms with Crippen LogP contribution in [0.4, 0.5) is 17.1 Å². The van der Waals surface area contributed by atoms with E-state index in [2.05, 4.69) is 110 Å². The summed E-state index contributed by atoms with van der Waals surface area (Å²) in [5.74, 6) is 0.184. The number of carbonyl (C=O) groups excluding carboxylic acids is 1. The summed E-state index contributed by atoms with van der Waals surface area (Å²) in [7, 11) is 0. The van der Waals surface area contributed by atoms with Gasteiger partial charge in [0, 0.05) is 62.6 Å². The molecule has 1 amide bonds. The molecule has 186 valence electrons. The number of hydrogen-bond donors (Lipinski definition) is 0.